The van der Waals surface area contributed by atoms with E-state index in [4.69, 9.17) is 16.3 Å². The van der Waals surface area contributed by atoms with Gasteiger partial charge in [-0.15, -0.1) is 0 Å². The first kappa shape index (κ1) is 17.2. The summed E-state index contributed by atoms with van der Waals surface area (Å²) in [6.45, 7) is 2.78. The molecule has 1 aromatic rings. The van der Waals surface area contributed by atoms with Crippen molar-refractivity contribution in [2.45, 2.75) is 50.7 Å². The molecule has 0 aliphatic heterocycles. The van der Waals surface area contributed by atoms with Crippen LogP contribution in [0, 0.1) is 5.82 Å². The number of rotatable bonds is 5. The molecule has 1 N–H and O–H groups in total. The smallest absolute Gasteiger partial charge is 0.147 e. The Balaban J connectivity index is 2.45. The molecule has 118 valence electrons. The Kier molecular flexibility index (Phi) is 6.06. The highest BCUT2D eigenvalue weighted by Crippen LogP contribution is 2.43. The van der Waals surface area contributed by atoms with Crippen molar-refractivity contribution in [3.8, 4) is 0 Å². The van der Waals surface area contributed by atoms with E-state index in [1.165, 1.54) is 6.42 Å². The van der Waals surface area contributed by atoms with Crippen molar-refractivity contribution in [1.82, 2.24) is 5.32 Å². The third kappa shape index (κ3) is 3.44. The summed E-state index contributed by atoms with van der Waals surface area (Å²) >= 11 is 9.34. The van der Waals surface area contributed by atoms with Gasteiger partial charge in [-0.25, -0.2) is 4.39 Å². The fourth-order valence-corrected chi connectivity index (χ4v) is 3.79. The van der Waals surface area contributed by atoms with Gasteiger partial charge in [0.05, 0.1) is 16.7 Å². The summed E-state index contributed by atoms with van der Waals surface area (Å²) in [5, 5.41) is 3.55. The number of halogens is 3. The van der Waals surface area contributed by atoms with Crippen molar-refractivity contribution in [2.75, 3.05) is 13.7 Å². The van der Waals surface area contributed by atoms with Crippen LogP contribution in [0.25, 0.3) is 0 Å². The Hall–Kier alpha value is -0.160. The van der Waals surface area contributed by atoms with Gasteiger partial charge in [0.1, 0.15) is 5.82 Å². The molecule has 1 aliphatic carbocycles. The van der Waals surface area contributed by atoms with E-state index in [-0.39, 0.29) is 22.5 Å². The summed E-state index contributed by atoms with van der Waals surface area (Å²) in [7, 11) is 1.73. The second-order valence-electron chi connectivity index (χ2n) is 5.58. The maximum Gasteiger partial charge on any atom is 0.147 e. The fourth-order valence-electron chi connectivity index (χ4n) is 3.31. The lowest BCUT2D eigenvalue weighted by Crippen LogP contribution is -2.47. The van der Waals surface area contributed by atoms with Crippen LogP contribution in [0.1, 0.15) is 50.6 Å². The first-order valence-corrected chi connectivity index (χ1v) is 8.64. The molecule has 1 fully saturated rings. The van der Waals surface area contributed by atoms with Crippen LogP contribution in [0.5, 0.6) is 0 Å². The van der Waals surface area contributed by atoms with Gasteiger partial charge >= 0.3 is 0 Å². The predicted octanol–water partition coefficient (Wildman–Crippen LogP) is 5.24. The van der Waals surface area contributed by atoms with E-state index in [1.807, 2.05) is 6.92 Å². The molecule has 1 atom stereocenters. The molecule has 0 amide bonds. The molecule has 0 radical (unpaired) electrons. The number of methoxy groups -OCH3 is 1. The van der Waals surface area contributed by atoms with Crippen molar-refractivity contribution in [3.63, 3.8) is 0 Å². The molecule has 0 aromatic heterocycles. The van der Waals surface area contributed by atoms with E-state index in [0.29, 0.717) is 10.0 Å². The molecule has 21 heavy (non-hydrogen) atoms. The summed E-state index contributed by atoms with van der Waals surface area (Å²) in [6.07, 6.45) is 5.32. The molecule has 0 bridgehead atoms. The average Bonchev–Trinajstić information content (AvgIpc) is 2.52. The predicted molar refractivity (Wildman–Crippen MR) is 88.4 cm³/mol. The lowest BCUT2D eigenvalue weighted by molar-refractivity contribution is -0.0691. The quantitative estimate of drug-likeness (QED) is 0.707. The minimum Gasteiger partial charge on any atom is -0.376 e. The number of ether oxygens (including phenoxy) is 1. The van der Waals surface area contributed by atoms with Crippen molar-refractivity contribution in [2.24, 2.45) is 0 Å². The van der Waals surface area contributed by atoms with Crippen LogP contribution < -0.4 is 5.32 Å². The normalized spacial score (nSPS) is 19.5. The highest BCUT2D eigenvalue weighted by Gasteiger charge is 2.42. The molecular formula is C16H22BrClFNO. The van der Waals surface area contributed by atoms with Crippen molar-refractivity contribution < 1.29 is 9.13 Å². The molecular weight excluding hydrogens is 357 g/mol. The summed E-state index contributed by atoms with van der Waals surface area (Å²) < 4.78 is 21.1. The topological polar surface area (TPSA) is 21.3 Å². The maximum absolute atomic E-state index is 14.6. The molecule has 2 nitrogen and oxygen atoms in total. The van der Waals surface area contributed by atoms with Gasteiger partial charge in [0.2, 0.25) is 0 Å². The molecule has 0 saturated heterocycles. The lowest BCUT2D eigenvalue weighted by atomic mass is 9.76. The monoisotopic (exact) mass is 377 g/mol. The summed E-state index contributed by atoms with van der Waals surface area (Å²) in [6, 6.07) is 3.42. The van der Waals surface area contributed by atoms with E-state index in [9.17, 15) is 4.39 Å². The highest BCUT2D eigenvalue weighted by molar-refractivity contribution is 9.10. The van der Waals surface area contributed by atoms with Crippen LogP contribution in [-0.4, -0.2) is 19.3 Å². The Morgan fingerprint density at radius 2 is 2.05 bits per heavy atom. The summed E-state index contributed by atoms with van der Waals surface area (Å²) in [5.41, 5.74) is 0.237. The first-order valence-electron chi connectivity index (χ1n) is 7.47. The summed E-state index contributed by atoms with van der Waals surface area (Å²) in [5.74, 6) is -0.362. The van der Waals surface area contributed by atoms with Gasteiger partial charge in [-0.05, 0) is 41.4 Å². The van der Waals surface area contributed by atoms with Crippen LogP contribution in [0.3, 0.4) is 0 Å². The third-order valence-corrected chi connectivity index (χ3v) is 5.68. The Morgan fingerprint density at radius 3 is 2.62 bits per heavy atom. The minimum absolute atomic E-state index is 0.137. The summed E-state index contributed by atoms with van der Waals surface area (Å²) in [4.78, 5) is 0. The first-order chi connectivity index (χ1) is 10.1. The second-order valence-corrected chi connectivity index (χ2v) is 6.82. The van der Waals surface area contributed by atoms with Gasteiger partial charge in [0, 0.05) is 17.1 Å². The largest absolute Gasteiger partial charge is 0.376 e. The maximum atomic E-state index is 14.6. The number of nitrogens with one attached hydrogen (secondary N) is 1. The minimum atomic E-state index is -0.362. The van der Waals surface area contributed by atoms with Crippen LogP contribution in [0.4, 0.5) is 4.39 Å². The fraction of sp³-hybridized carbons (Fsp3) is 0.625. The molecule has 5 heteroatoms. The van der Waals surface area contributed by atoms with E-state index in [1.54, 1.807) is 19.2 Å². The van der Waals surface area contributed by atoms with Gasteiger partial charge in [-0.1, -0.05) is 43.9 Å². The van der Waals surface area contributed by atoms with E-state index < -0.39 is 0 Å². The van der Waals surface area contributed by atoms with Crippen molar-refractivity contribution >= 4 is 27.5 Å². The van der Waals surface area contributed by atoms with Crippen LogP contribution in [-0.2, 0) is 4.74 Å². The SMILES string of the molecule is CCNC(c1ccc(Br)c(Cl)c1F)C1(OC)CCCCC1. The number of hydrogen-bond donors (Lipinski definition) is 1. The van der Waals surface area contributed by atoms with Gasteiger partial charge in [-0.3, -0.25) is 0 Å². The van der Waals surface area contributed by atoms with Gasteiger partial charge in [0.15, 0.2) is 0 Å². The number of benzene rings is 1. The second kappa shape index (κ2) is 7.40. The van der Waals surface area contributed by atoms with Crippen molar-refractivity contribution in [3.05, 3.63) is 33.0 Å². The standard InChI is InChI=1S/C16H22BrClFNO/c1-3-20-15(16(21-2)9-5-4-6-10-16)11-7-8-12(17)13(18)14(11)19/h7-8,15,20H,3-6,9-10H2,1-2H3. The molecule has 1 unspecified atom stereocenters. The highest BCUT2D eigenvalue weighted by atomic mass is 79.9. The zero-order chi connectivity index (χ0) is 15.5. The molecule has 2 rings (SSSR count). The van der Waals surface area contributed by atoms with Crippen LogP contribution in [0.15, 0.2) is 16.6 Å². The zero-order valence-corrected chi connectivity index (χ0v) is 14.9. The Morgan fingerprint density at radius 1 is 1.38 bits per heavy atom. The number of likely N-dealkylation sites (N-methyl/N-ethyl adjacent to an activating group) is 1. The third-order valence-electron chi connectivity index (χ3n) is 4.42. The zero-order valence-electron chi connectivity index (χ0n) is 12.5. The van der Waals surface area contributed by atoms with Crippen LogP contribution >= 0.6 is 27.5 Å². The molecule has 1 saturated carbocycles. The molecule has 0 heterocycles. The molecule has 0 spiro atoms. The van der Waals surface area contributed by atoms with Crippen LogP contribution in [0.2, 0.25) is 5.02 Å². The van der Waals surface area contributed by atoms with Gasteiger partial charge in [0.25, 0.3) is 0 Å². The number of hydrogen-bond acceptors (Lipinski definition) is 2. The molecule has 1 aliphatic rings. The van der Waals surface area contributed by atoms with Gasteiger partial charge < -0.3 is 10.1 Å². The lowest BCUT2D eigenvalue weighted by Gasteiger charge is -2.43. The van der Waals surface area contributed by atoms with Gasteiger partial charge in [-0.2, -0.15) is 0 Å². The van der Waals surface area contributed by atoms with E-state index in [2.05, 4.69) is 21.2 Å². The van der Waals surface area contributed by atoms with Crippen molar-refractivity contribution in [1.29, 1.82) is 0 Å². The molecule has 1 aromatic carbocycles. The van der Waals surface area contributed by atoms with E-state index >= 15 is 0 Å². The Bertz CT molecular complexity index is 491. The Labute approximate surface area is 139 Å². The average molecular weight is 379 g/mol. The van der Waals surface area contributed by atoms with E-state index in [0.717, 1.165) is 32.2 Å².